The Balaban J connectivity index is 0.00000612. The SMILES string of the molecule is O=C(O)CN(CCN(CC(=O)O)Cc1cc(C(=O)O)ccc1O)Cc1cc(C(=O)O)ccc1O.[NaH]. The Labute approximate surface area is 221 Å². The number of aromatic carboxylic acids is 2. The van der Waals surface area contributed by atoms with Gasteiger partial charge in [0.1, 0.15) is 11.5 Å². The second kappa shape index (κ2) is 13.7. The summed E-state index contributed by atoms with van der Waals surface area (Å²) in [7, 11) is 0. The zero-order chi connectivity index (χ0) is 25.4. The van der Waals surface area contributed by atoms with Crippen LogP contribution in [0.4, 0.5) is 0 Å². The van der Waals surface area contributed by atoms with E-state index in [-0.39, 0.29) is 89.5 Å². The number of hydrogen-bond acceptors (Lipinski definition) is 8. The molecule has 0 spiro atoms. The molecule has 0 heterocycles. The summed E-state index contributed by atoms with van der Waals surface area (Å²) in [5.41, 5.74) is 0.171. The molecule has 0 aliphatic rings. The summed E-state index contributed by atoms with van der Waals surface area (Å²) in [6, 6.07) is 7.22. The molecule has 13 heteroatoms. The van der Waals surface area contributed by atoms with Crippen molar-refractivity contribution in [3.63, 3.8) is 0 Å². The first kappa shape index (κ1) is 29.9. The second-order valence-electron chi connectivity index (χ2n) is 7.51. The van der Waals surface area contributed by atoms with Gasteiger partial charge in [-0.05, 0) is 36.4 Å². The van der Waals surface area contributed by atoms with E-state index in [1.165, 1.54) is 46.2 Å². The Morgan fingerprint density at radius 1 is 0.629 bits per heavy atom. The molecule has 35 heavy (non-hydrogen) atoms. The van der Waals surface area contributed by atoms with Gasteiger partial charge in [0.05, 0.1) is 24.2 Å². The first-order valence-corrected chi connectivity index (χ1v) is 9.95. The standard InChI is InChI=1S/C22H24N2O10.Na.H/c25-17-3-1-13(21(31)32)7-15(17)9-23(11-19(27)28)5-6-24(12-20(29)30)10-16-8-14(22(33)34)2-4-18(16)26;;/h1-4,7-8,25-26H,5-6,9-12H2,(H,27,28)(H,29,30)(H,31,32)(H,33,34);;. The molecule has 2 rings (SSSR count). The van der Waals surface area contributed by atoms with E-state index in [4.69, 9.17) is 10.2 Å². The summed E-state index contributed by atoms with van der Waals surface area (Å²) in [6.45, 7) is -1.18. The van der Waals surface area contributed by atoms with Crippen LogP contribution in [0.1, 0.15) is 31.8 Å². The zero-order valence-electron chi connectivity index (χ0n) is 17.9. The maximum atomic E-state index is 11.3. The van der Waals surface area contributed by atoms with Gasteiger partial charge in [0.15, 0.2) is 0 Å². The molecule has 0 aliphatic carbocycles. The van der Waals surface area contributed by atoms with Gasteiger partial charge in [0.2, 0.25) is 0 Å². The molecule has 0 aromatic heterocycles. The third kappa shape index (κ3) is 9.54. The minimum absolute atomic E-state index is 0. The molecular weight excluding hydrogens is 475 g/mol. The first-order chi connectivity index (χ1) is 16.0. The molecule has 0 bridgehead atoms. The molecule has 0 atom stereocenters. The second-order valence-corrected chi connectivity index (χ2v) is 7.51. The molecule has 6 N–H and O–H groups in total. The van der Waals surface area contributed by atoms with Crippen molar-refractivity contribution in [1.29, 1.82) is 0 Å². The predicted molar refractivity (Wildman–Crippen MR) is 123 cm³/mol. The summed E-state index contributed by atoms with van der Waals surface area (Å²) in [4.78, 5) is 47.8. The van der Waals surface area contributed by atoms with Crippen LogP contribution in [0, 0.1) is 0 Å². The third-order valence-corrected chi connectivity index (χ3v) is 4.89. The van der Waals surface area contributed by atoms with Crippen molar-refractivity contribution in [3.8, 4) is 11.5 Å². The van der Waals surface area contributed by atoms with Crippen LogP contribution in [-0.4, -0.2) is 120 Å². The molecule has 12 nitrogen and oxygen atoms in total. The Hall–Kier alpha value is -3.16. The molecule has 184 valence electrons. The number of hydrogen-bond donors (Lipinski definition) is 6. The quantitative estimate of drug-likeness (QED) is 0.206. The van der Waals surface area contributed by atoms with Gasteiger partial charge < -0.3 is 30.6 Å². The monoisotopic (exact) mass is 500 g/mol. The molecule has 2 aromatic rings. The number of carboxylic acid groups (broad SMARTS) is 4. The van der Waals surface area contributed by atoms with Gasteiger partial charge in [-0.2, -0.15) is 0 Å². The van der Waals surface area contributed by atoms with E-state index in [0.717, 1.165) is 0 Å². The molecule has 0 amide bonds. The molecular formula is C22H25N2NaO10. The molecule has 0 saturated carbocycles. The van der Waals surface area contributed by atoms with Crippen LogP contribution >= 0.6 is 0 Å². The first-order valence-electron chi connectivity index (χ1n) is 9.95. The summed E-state index contributed by atoms with van der Waals surface area (Å²) < 4.78 is 0. The van der Waals surface area contributed by atoms with Gasteiger partial charge in [0, 0.05) is 37.3 Å². The van der Waals surface area contributed by atoms with E-state index in [0.29, 0.717) is 0 Å². The number of carboxylic acids is 4. The fourth-order valence-corrected chi connectivity index (χ4v) is 3.27. The van der Waals surface area contributed by atoms with Crippen LogP contribution < -0.4 is 0 Å². The number of benzene rings is 2. The van der Waals surface area contributed by atoms with Crippen molar-refractivity contribution in [3.05, 3.63) is 58.7 Å². The van der Waals surface area contributed by atoms with Gasteiger partial charge in [-0.3, -0.25) is 19.4 Å². The van der Waals surface area contributed by atoms with Crippen molar-refractivity contribution in [1.82, 2.24) is 9.80 Å². The van der Waals surface area contributed by atoms with Gasteiger partial charge >= 0.3 is 53.4 Å². The topological polar surface area (TPSA) is 196 Å². The average molecular weight is 500 g/mol. The van der Waals surface area contributed by atoms with Crippen molar-refractivity contribution >= 4 is 53.4 Å². The average Bonchev–Trinajstić information content (AvgIpc) is 2.73. The number of aliphatic carboxylic acids is 2. The molecule has 2 aromatic carbocycles. The fraction of sp³-hybridized carbons (Fsp3) is 0.273. The zero-order valence-corrected chi connectivity index (χ0v) is 17.9. The number of phenolic OH excluding ortho intramolecular Hbond substituents is 2. The van der Waals surface area contributed by atoms with Crippen molar-refractivity contribution in [2.24, 2.45) is 0 Å². The number of rotatable bonds is 13. The Bertz CT molecular complexity index is 1010. The summed E-state index contributed by atoms with van der Waals surface area (Å²) >= 11 is 0. The summed E-state index contributed by atoms with van der Waals surface area (Å²) in [6.07, 6.45) is 0. The van der Waals surface area contributed by atoms with Gasteiger partial charge in [-0.1, -0.05) is 0 Å². The van der Waals surface area contributed by atoms with Crippen LogP contribution in [0.3, 0.4) is 0 Å². The van der Waals surface area contributed by atoms with Crippen LogP contribution in [-0.2, 0) is 22.7 Å². The number of nitrogens with zero attached hydrogens (tertiary/aromatic N) is 2. The Kier molecular flexibility index (Phi) is 11.7. The van der Waals surface area contributed by atoms with Crippen LogP contribution in [0.15, 0.2) is 36.4 Å². The van der Waals surface area contributed by atoms with E-state index in [9.17, 15) is 39.6 Å². The summed E-state index contributed by atoms with van der Waals surface area (Å²) in [5.74, 6) is -5.27. The van der Waals surface area contributed by atoms with Crippen LogP contribution in [0.5, 0.6) is 11.5 Å². The van der Waals surface area contributed by atoms with Crippen molar-refractivity contribution in [2.45, 2.75) is 13.1 Å². The fourth-order valence-electron chi connectivity index (χ4n) is 3.27. The van der Waals surface area contributed by atoms with E-state index >= 15 is 0 Å². The van der Waals surface area contributed by atoms with Crippen molar-refractivity contribution in [2.75, 3.05) is 26.2 Å². The molecule has 0 unspecified atom stereocenters. The number of phenols is 2. The normalized spacial score (nSPS) is 10.7. The van der Waals surface area contributed by atoms with Crippen LogP contribution in [0.2, 0.25) is 0 Å². The van der Waals surface area contributed by atoms with Gasteiger partial charge in [-0.15, -0.1) is 0 Å². The Morgan fingerprint density at radius 3 is 1.26 bits per heavy atom. The molecule has 0 aliphatic heterocycles. The van der Waals surface area contributed by atoms with E-state index in [2.05, 4.69) is 0 Å². The predicted octanol–water partition coefficient (Wildman–Crippen LogP) is 0.319. The summed E-state index contributed by atoms with van der Waals surface area (Å²) in [5, 5.41) is 56.9. The van der Waals surface area contributed by atoms with E-state index in [1.54, 1.807) is 0 Å². The van der Waals surface area contributed by atoms with Gasteiger partial charge in [-0.25, -0.2) is 9.59 Å². The van der Waals surface area contributed by atoms with Crippen LogP contribution in [0.25, 0.3) is 0 Å². The van der Waals surface area contributed by atoms with Crippen molar-refractivity contribution < 1.29 is 49.8 Å². The molecule has 0 saturated heterocycles. The number of aromatic hydroxyl groups is 2. The van der Waals surface area contributed by atoms with E-state index < -0.39 is 37.0 Å². The third-order valence-electron chi connectivity index (χ3n) is 4.89. The molecule has 0 fully saturated rings. The maximum absolute atomic E-state index is 11.3. The van der Waals surface area contributed by atoms with Gasteiger partial charge in [0.25, 0.3) is 0 Å². The Morgan fingerprint density at radius 2 is 0.971 bits per heavy atom. The van der Waals surface area contributed by atoms with E-state index in [1.807, 2.05) is 0 Å². The molecule has 0 radical (unpaired) electrons. The number of carbonyl (C=O) groups is 4. The minimum atomic E-state index is -1.22.